The summed E-state index contributed by atoms with van der Waals surface area (Å²) in [6.07, 6.45) is 3.40. The molecule has 0 unspecified atom stereocenters. The fourth-order valence-electron chi connectivity index (χ4n) is 1.48. The van der Waals surface area contributed by atoms with Crippen LogP contribution in [0.3, 0.4) is 0 Å². The van der Waals surface area contributed by atoms with Gasteiger partial charge in [-0.25, -0.2) is 4.79 Å². The Morgan fingerprint density at radius 2 is 2.31 bits per heavy atom. The van der Waals surface area contributed by atoms with Gasteiger partial charge >= 0.3 is 5.97 Å². The fraction of sp³-hybridized carbons (Fsp3) is 0.167. The van der Waals surface area contributed by atoms with E-state index in [0.717, 1.165) is 11.3 Å². The second-order valence-electron chi connectivity index (χ2n) is 3.20. The Kier molecular flexibility index (Phi) is 3.00. The number of esters is 1. The molecule has 0 amide bonds. The molecule has 16 heavy (non-hydrogen) atoms. The average molecular weight is 216 g/mol. The molecule has 1 N–H and O–H groups in total. The molecule has 0 bridgehead atoms. The molecule has 4 heteroatoms. The fourth-order valence-corrected chi connectivity index (χ4v) is 1.48. The number of carbonyl (C=O) groups excluding carboxylic acids is 1. The van der Waals surface area contributed by atoms with E-state index in [9.17, 15) is 4.79 Å². The van der Waals surface area contributed by atoms with Gasteiger partial charge in [0.15, 0.2) is 0 Å². The van der Waals surface area contributed by atoms with Crippen LogP contribution >= 0.6 is 0 Å². The van der Waals surface area contributed by atoms with E-state index in [1.165, 1.54) is 0 Å². The summed E-state index contributed by atoms with van der Waals surface area (Å²) in [6, 6.07) is 7.38. The molecule has 0 fully saturated rings. The van der Waals surface area contributed by atoms with Gasteiger partial charge in [-0.05, 0) is 25.1 Å². The molecule has 82 valence electrons. The van der Waals surface area contributed by atoms with Gasteiger partial charge in [0.25, 0.3) is 0 Å². The number of aromatic nitrogens is 2. The summed E-state index contributed by atoms with van der Waals surface area (Å²) in [7, 11) is 0. The summed E-state index contributed by atoms with van der Waals surface area (Å²) in [5, 5.41) is 0. The second-order valence-corrected chi connectivity index (χ2v) is 3.20. The molecule has 0 spiro atoms. The first kappa shape index (κ1) is 10.4. The Labute approximate surface area is 93.3 Å². The van der Waals surface area contributed by atoms with Crippen molar-refractivity contribution in [2.24, 2.45) is 0 Å². The van der Waals surface area contributed by atoms with Crippen LogP contribution in [0, 0.1) is 0 Å². The van der Waals surface area contributed by atoms with Gasteiger partial charge in [0.05, 0.1) is 12.3 Å². The van der Waals surface area contributed by atoms with E-state index >= 15 is 0 Å². The number of pyridine rings is 1. The number of aromatic amines is 1. The highest BCUT2D eigenvalue weighted by Gasteiger charge is 2.15. The van der Waals surface area contributed by atoms with Crippen molar-refractivity contribution in [1.29, 1.82) is 0 Å². The van der Waals surface area contributed by atoms with Crippen LogP contribution in [0.5, 0.6) is 0 Å². The molecule has 0 saturated heterocycles. The van der Waals surface area contributed by atoms with Crippen LogP contribution < -0.4 is 0 Å². The summed E-state index contributed by atoms with van der Waals surface area (Å²) >= 11 is 0. The largest absolute Gasteiger partial charge is 0.461 e. The van der Waals surface area contributed by atoms with Gasteiger partial charge in [0.2, 0.25) is 0 Å². The Morgan fingerprint density at radius 3 is 3.00 bits per heavy atom. The van der Waals surface area contributed by atoms with Crippen molar-refractivity contribution >= 4 is 5.97 Å². The molecule has 0 aliphatic carbocycles. The highest BCUT2D eigenvalue weighted by Crippen LogP contribution is 2.20. The number of H-pyrrole nitrogens is 1. The van der Waals surface area contributed by atoms with E-state index in [4.69, 9.17) is 4.74 Å². The van der Waals surface area contributed by atoms with Crippen LogP contribution in [0.15, 0.2) is 36.7 Å². The molecule has 2 aromatic heterocycles. The van der Waals surface area contributed by atoms with Gasteiger partial charge in [-0.1, -0.05) is 6.07 Å². The molecule has 0 saturated carbocycles. The average Bonchev–Trinajstić information content (AvgIpc) is 2.79. The molecule has 0 radical (unpaired) electrons. The molecule has 0 atom stereocenters. The number of nitrogens with one attached hydrogen (secondary N) is 1. The monoisotopic (exact) mass is 216 g/mol. The first-order valence-electron chi connectivity index (χ1n) is 5.09. The van der Waals surface area contributed by atoms with E-state index in [0.29, 0.717) is 12.3 Å². The lowest BCUT2D eigenvalue weighted by molar-refractivity contribution is 0.0521. The minimum atomic E-state index is -0.354. The summed E-state index contributed by atoms with van der Waals surface area (Å²) < 4.78 is 4.95. The van der Waals surface area contributed by atoms with Crippen LogP contribution in [0.2, 0.25) is 0 Å². The van der Waals surface area contributed by atoms with E-state index < -0.39 is 0 Å². The number of rotatable bonds is 3. The summed E-state index contributed by atoms with van der Waals surface area (Å²) in [5.41, 5.74) is 1.96. The summed E-state index contributed by atoms with van der Waals surface area (Å²) in [6.45, 7) is 2.14. The topological polar surface area (TPSA) is 55.0 Å². The predicted octanol–water partition coefficient (Wildman–Crippen LogP) is 2.25. The molecule has 2 rings (SSSR count). The van der Waals surface area contributed by atoms with E-state index in [-0.39, 0.29) is 5.97 Å². The predicted molar refractivity (Wildman–Crippen MR) is 60.0 cm³/mol. The number of hydrogen-bond acceptors (Lipinski definition) is 3. The van der Waals surface area contributed by atoms with E-state index in [1.807, 2.05) is 24.3 Å². The Hall–Kier alpha value is -2.10. The maximum Gasteiger partial charge on any atom is 0.355 e. The number of hydrogen-bond donors (Lipinski definition) is 1. The van der Waals surface area contributed by atoms with Crippen LogP contribution in [0.25, 0.3) is 11.3 Å². The molecule has 4 nitrogen and oxygen atoms in total. The van der Waals surface area contributed by atoms with Crippen molar-refractivity contribution in [3.63, 3.8) is 0 Å². The number of ether oxygens (including phenoxy) is 1. The first-order valence-corrected chi connectivity index (χ1v) is 5.09. The molecule has 0 aliphatic heterocycles. The number of carbonyl (C=O) groups is 1. The van der Waals surface area contributed by atoms with Gasteiger partial charge in [0, 0.05) is 18.0 Å². The summed E-state index contributed by atoms with van der Waals surface area (Å²) in [5.74, 6) is -0.354. The van der Waals surface area contributed by atoms with Crippen molar-refractivity contribution in [2.45, 2.75) is 6.92 Å². The second kappa shape index (κ2) is 4.61. The third-order valence-corrected chi connectivity index (χ3v) is 2.17. The highest BCUT2D eigenvalue weighted by molar-refractivity contribution is 5.94. The van der Waals surface area contributed by atoms with Crippen molar-refractivity contribution in [3.8, 4) is 11.3 Å². The molecule has 0 aromatic carbocycles. The Bertz CT molecular complexity index is 477. The van der Waals surface area contributed by atoms with Crippen molar-refractivity contribution in [1.82, 2.24) is 9.97 Å². The quantitative estimate of drug-likeness (QED) is 0.800. The van der Waals surface area contributed by atoms with Gasteiger partial charge in [-0.15, -0.1) is 0 Å². The SMILES string of the molecule is CCOC(=O)c1[nH]ccc1-c1ccccn1. The third-order valence-electron chi connectivity index (χ3n) is 2.17. The lowest BCUT2D eigenvalue weighted by Gasteiger charge is -2.02. The Balaban J connectivity index is 2.37. The third kappa shape index (κ3) is 1.95. The van der Waals surface area contributed by atoms with Gasteiger partial charge < -0.3 is 9.72 Å². The Morgan fingerprint density at radius 1 is 1.44 bits per heavy atom. The van der Waals surface area contributed by atoms with Gasteiger partial charge in [-0.3, -0.25) is 4.98 Å². The van der Waals surface area contributed by atoms with E-state index in [2.05, 4.69) is 9.97 Å². The minimum absolute atomic E-state index is 0.354. The lowest BCUT2D eigenvalue weighted by Crippen LogP contribution is -2.06. The van der Waals surface area contributed by atoms with Crippen LogP contribution in [0.1, 0.15) is 17.4 Å². The molecular formula is C12H12N2O2. The summed E-state index contributed by atoms with van der Waals surface area (Å²) in [4.78, 5) is 18.7. The van der Waals surface area contributed by atoms with Crippen molar-refractivity contribution in [2.75, 3.05) is 6.61 Å². The zero-order valence-corrected chi connectivity index (χ0v) is 8.93. The highest BCUT2D eigenvalue weighted by atomic mass is 16.5. The van der Waals surface area contributed by atoms with Crippen molar-refractivity contribution in [3.05, 3.63) is 42.4 Å². The smallest absolute Gasteiger partial charge is 0.355 e. The first-order chi connectivity index (χ1) is 7.83. The van der Waals surface area contributed by atoms with Crippen molar-refractivity contribution < 1.29 is 9.53 Å². The lowest BCUT2D eigenvalue weighted by atomic mass is 10.1. The molecular weight excluding hydrogens is 204 g/mol. The maximum atomic E-state index is 11.6. The van der Waals surface area contributed by atoms with Crippen LogP contribution in [-0.4, -0.2) is 22.5 Å². The van der Waals surface area contributed by atoms with Gasteiger partial charge in [0.1, 0.15) is 5.69 Å². The number of nitrogens with zero attached hydrogens (tertiary/aromatic N) is 1. The molecule has 2 aromatic rings. The minimum Gasteiger partial charge on any atom is -0.461 e. The standard InChI is InChI=1S/C12H12N2O2/c1-2-16-12(15)11-9(6-8-14-11)10-5-3-4-7-13-10/h3-8,14H,2H2,1H3. The zero-order valence-electron chi connectivity index (χ0n) is 8.93. The van der Waals surface area contributed by atoms with Gasteiger partial charge in [-0.2, -0.15) is 0 Å². The maximum absolute atomic E-state index is 11.6. The molecule has 2 heterocycles. The normalized spacial score (nSPS) is 10.1. The zero-order chi connectivity index (χ0) is 11.4. The van der Waals surface area contributed by atoms with Crippen LogP contribution in [0.4, 0.5) is 0 Å². The van der Waals surface area contributed by atoms with Crippen LogP contribution in [-0.2, 0) is 4.74 Å². The molecule has 0 aliphatic rings. The van der Waals surface area contributed by atoms with E-state index in [1.54, 1.807) is 19.3 Å².